The van der Waals surface area contributed by atoms with E-state index in [0.717, 1.165) is 6.42 Å². The van der Waals surface area contributed by atoms with Gasteiger partial charge < -0.3 is 9.84 Å². The number of carbonyl (C=O) groups is 1. The minimum atomic E-state index is -1.01. The molecule has 2 unspecified atom stereocenters. The van der Waals surface area contributed by atoms with E-state index in [4.69, 9.17) is 4.74 Å². The number of benzene rings is 1. The van der Waals surface area contributed by atoms with Crippen molar-refractivity contribution in [2.75, 3.05) is 6.61 Å². The van der Waals surface area contributed by atoms with E-state index in [9.17, 15) is 14.3 Å². The molecule has 0 spiro atoms. The molecule has 0 aliphatic heterocycles. The second kappa shape index (κ2) is 7.60. The van der Waals surface area contributed by atoms with Gasteiger partial charge in [0.15, 0.2) is 0 Å². The minimum Gasteiger partial charge on any atom is -0.466 e. The zero-order chi connectivity index (χ0) is 14.4. The Morgan fingerprint density at radius 2 is 2.16 bits per heavy atom. The summed E-state index contributed by atoms with van der Waals surface area (Å²) in [6, 6.07) is 4.01. The normalized spacial score (nSPS) is 13.9. The maximum Gasteiger partial charge on any atom is 0.311 e. The molecule has 106 valence electrons. The van der Waals surface area contributed by atoms with Crippen LogP contribution < -0.4 is 0 Å². The number of ether oxygens (including phenoxy) is 1. The lowest BCUT2D eigenvalue weighted by Gasteiger charge is -2.22. The van der Waals surface area contributed by atoms with Crippen LogP contribution in [0.4, 0.5) is 4.39 Å². The van der Waals surface area contributed by atoms with Crippen LogP contribution in [0.15, 0.2) is 22.7 Å². The number of esters is 1. The van der Waals surface area contributed by atoms with E-state index in [2.05, 4.69) is 15.9 Å². The van der Waals surface area contributed by atoms with Crippen LogP contribution in [0.25, 0.3) is 0 Å². The maximum absolute atomic E-state index is 13.0. The van der Waals surface area contributed by atoms with Gasteiger partial charge in [0.1, 0.15) is 5.82 Å². The van der Waals surface area contributed by atoms with Crippen LogP contribution in [-0.2, 0) is 9.53 Å². The zero-order valence-corrected chi connectivity index (χ0v) is 12.6. The Bertz CT molecular complexity index is 437. The third-order valence-electron chi connectivity index (χ3n) is 2.85. The Morgan fingerprint density at radius 3 is 2.68 bits per heavy atom. The zero-order valence-electron chi connectivity index (χ0n) is 11.0. The molecule has 0 radical (unpaired) electrons. The molecule has 0 heterocycles. The molecule has 0 aliphatic rings. The van der Waals surface area contributed by atoms with Gasteiger partial charge >= 0.3 is 5.97 Å². The molecule has 0 aromatic heterocycles. The Labute approximate surface area is 120 Å². The second-order valence-corrected chi connectivity index (χ2v) is 5.11. The first-order valence-electron chi connectivity index (χ1n) is 6.30. The van der Waals surface area contributed by atoms with E-state index in [0.29, 0.717) is 16.5 Å². The van der Waals surface area contributed by atoms with Crippen LogP contribution >= 0.6 is 15.9 Å². The lowest BCUT2D eigenvalue weighted by molar-refractivity contribution is -0.152. The minimum absolute atomic E-state index is 0.274. The van der Waals surface area contributed by atoms with E-state index < -0.39 is 23.8 Å². The first-order chi connectivity index (χ1) is 9.01. The van der Waals surface area contributed by atoms with E-state index in [1.54, 1.807) is 6.92 Å². The molecule has 0 fully saturated rings. The smallest absolute Gasteiger partial charge is 0.311 e. The summed E-state index contributed by atoms with van der Waals surface area (Å²) in [5, 5.41) is 10.3. The predicted octanol–water partition coefficient (Wildman–Crippen LogP) is 3.60. The van der Waals surface area contributed by atoms with Gasteiger partial charge in [-0.05, 0) is 31.0 Å². The Hall–Kier alpha value is -0.940. The maximum atomic E-state index is 13.0. The van der Waals surface area contributed by atoms with E-state index >= 15 is 0 Å². The number of rotatable bonds is 6. The Balaban J connectivity index is 2.98. The van der Waals surface area contributed by atoms with Crippen molar-refractivity contribution in [3.8, 4) is 0 Å². The van der Waals surface area contributed by atoms with Crippen molar-refractivity contribution in [1.29, 1.82) is 0 Å². The predicted molar refractivity (Wildman–Crippen MR) is 74.1 cm³/mol. The Morgan fingerprint density at radius 1 is 1.47 bits per heavy atom. The molecule has 0 bridgehead atoms. The van der Waals surface area contributed by atoms with Gasteiger partial charge in [-0.25, -0.2) is 4.39 Å². The highest BCUT2D eigenvalue weighted by atomic mass is 79.9. The van der Waals surface area contributed by atoms with Gasteiger partial charge in [0.2, 0.25) is 0 Å². The number of aliphatic hydroxyl groups excluding tert-OH is 1. The average Bonchev–Trinajstić information content (AvgIpc) is 2.35. The van der Waals surface area contributed by atoms with Crippen LogP contribution in [0, 0.1) is 11.7 Å². The quantitative estimate of drug-likeness (QED) is 0.809. The first kappa shape index (κ1) is 16.1. The van der Waals surface area contributed by atoms with Crippen LogP contribution in [0.1, 0.15) is 38.4 Å². The molecule has 0 amide bonds. The third kappa shape index (κ3) is 4.28. The van der Waals surface area contributed by atoms with Crippen LogP contribution in [0.2, 0.25) is 0 Å². The van der Waals surface area contributed by atoms with Gasteiger partial charge in [0, 0.05) is 4.47 Å². The van der Waals surface area contributed by atoms with E-state index in [-0.39, 0.29) is 6.61 Å². The third-order valence-corrected chi connectivity index (χ3v) is 3.54. The largest absolute Gasteiger partial charge is 0.466 e. The monoisotopic (exact) mass is 332 g/mol. The summed E-state index contributed by atoms with van der Waals surface area (Å²) in [6.45, 7) is 3.93. The average molecular weight is 333 g/mol. The molecule has 1 aromatic carbocycles. The van der Waals surface area contributed by atoms with Crippen LogP contribution in [0.5, 0.6) is 0 Å². The van der Waals surface area contributed by atoms with Crippen molar-refractivity contribution in [1.82, 2.24) is 0 Å². The van der Waals surface area contributed by atoms with Crippen molar-refractivity contribution >= 4 is 21.9 Å². The van der Waals surface area contributed by atoms with Gasteiger partial charge in [-0.15, -0.1) is 0 Å². The molecular weight excluding hydrogens is 315 g/mol. The first-order valence-corrected chi connectivity index (χ1v) is 7.10. The lowest BCUT2D eigenvalue weighted by Crippen LogP contribution is -2.25. The van der Waals surface area contributed by atoms with Crippen molar-refractivity contribution in [2.45, 2.75) is 32.8 Å². The van der Waals surface area contributed by atoms with Crippen molar-refractivity contribution < 1.29 is 19.0 Å². The fourth-order valence-electron chi connectivity index (χ4n) is 1.92. The number of hydrogen-bond donors (Lipinski definition) is 1. The summed E-state index contributed by atoms with van der Waals surface area (Å²) < 4.78 is 18.5. The van der Waals surface area contributed by atoms with Gasteiger partial charge in [0.25, 0.3) is 0 Å². The molecule has 1 aromatic rings. The summed E-state index contributed by atoms with van der Waals surface area (Å²) in [7, 11) is 0. The number of halogens is 2. The van der Waals surface area contributed by atoms with E-state index in [1.807, 2.05) is 6.92 Å². The van der Waals surface area contributed by atoms with E-state index in [1.165, 1.54) is 18.2 Å². The topological polar surface area (TPSA) is 46.5 Å². The highest BCUT2D eigenvalue weighted by molar-refractivity contribution is 9.10. The number of hydrogen-bond acceptors (Lipinski definition) is 3. The molecular formula is C14H18BrFO3. The molecule has 1 rings (SSSR count). The summed E-state index contributed by atoms with van der Waals surface area (Å²) in [4.78, 5) is 11.9. The molecule has 0 saturated carbocycles. The van der Waals surface area contributed by atoms with Gasteiger partial charge in [-0.1, -0.05) is 35.3 Å². The van der Waals surface area contributed by atoms with Crippen molar-refractivity contribution in [3.63, 3.8) is 0 Å². The van der Waals surface area contributed by atoms with Crippen molar-refractivity contribution in [3.05, 3.63) is 34.1 Å². The summed E-state index contributed by atoms with van der Waals surface area (Å²) in [5.74, 6) is -1.45. The number of aliphatic hydroxyl groups is 1. The van der Waals surface area contributed by atoms with Crippen LogP contribution in [0.3, 0.4) is 0 Å². The highest BCUT2D eigenvalue weighted by Gasteiger charge is 2.29. The molecule has 3 nitrogen and oxygen atoms in total. The SMILES string of the molecule is CCCC(C(=O)OCC)C(O)c1ccc(F)cc1Br. The Kier molecular flexibility index (Phi) is 6.45. The molecule has 0 aliphatic carbocycles. The van der Waals surface area contributed by atoms with Gasteiger partial charge in [-0.3, -0.25) is 4.79 Å². The molecule has 0 saturated heterocycles. The second-order valence-electron chi connectivity index (χ2n) is 4.26. The summed E-state index contributed by atoms with van der Waals surface area (Å²) >= 11 is 3.20. The fraction of sp³-hybridized carbons (Fsp3) is 0.500. The van der Waals surface area contributed by atoms with Crippen molar-refractivity contribution in [2.24, 2.45) is 5.92 Å². The summed E-state index contributed by atoms with van der Waals surface area (Å²) in [5.41, 5.74) is 0.493. The highest BCUT2D eigenvalue weighted by Crippen LogP contribution is 2.32. The molecule has 19 heavy (non-hydrogen) atoms. The van der Waals surface area contributed by atoms with Gasteiger partial charge in [0.05, 0.1) is 18.6 Å². The summed E-state index contributed by atoms with van der Waals surface area (Å²) in [6.07, 6.45) is 0.261. The molecule has 1 N–H and O–H groups in total. The fourth-order valence-corrected chi connectivity index (χ4v) is 2.51. The van der Waals surface area contributed by atoms with Crippen LogP contribution in [-0.4, -0.2) is 17.7 Å². The molecule has 5 heteroatoms. The molecule has 2 atom stereocenters. The number of carbonyl (C=O) groups excluding carboxylic acids is 1. The standard InChI is InChI=1S/C14H18BrFO3/c1-3-5-11(14(18)19-4-2)13(17)10-7-6-9(16)8-12(10)15/h6-8,11,13,17H,3-5H2,1-2H3. The van der Waals surface area contributed by atoms with Gasteiger partial charge in [-0.2, -0.15) is 0 Å². The lowest BCUT2D eigenvalue weighted by atomic mass is 9.92.